The first-order valence-corrected chi connectivity index (χ1v) is 2.96. The molecule has 1 amide bonds. The predicted molar refractivity (Wildman–Crippen MR) is 31.4 cm³/mol. The Morgan fingerprint density at radius 2 is 2.20 bits per heavy atom. The Labute approximate surface area is 57.6 Å². The van der Waals surface area contributed by atoms with E-state index in [1.54, 1.807) is 0 Å². The van der Waals surface area contributed by atoms with E-state index in [-0.39, 0.29) is 13.2 Å². The Hall–Kier alpha value is -0.810. The molecule has 0 unspecified atom stereocenters. The standard InChI is InChI=1S/C5H9NO4/c7-1-3-4(2-8)10-5(9)6-3/h3-4,7-8H,1-2H2,(H,6,9)/t3-,4-/m1/s1. The molecule has 0 bridgehead atoms. The summed E-state index contributed by atoms with van der Waals surface area (Å²) >= 11 is 0. The number of hydrogen-bond donors (Lipinski definition) is 3. The summed E-state index contributed by atoms with van der Waals surface area (Å²) in [4.78, 5) is 10.4. The minimum absolute atomic E-state index is 0.211. The molecule has 0 radical (unpaired) electrons. The molecular weight excluding hydrogens is 138 g/mol. The summed E-state index contributed by atoms with van der Waals surface area (Å²) in [5, 5.41) is 19.5. The van der Waals surface area contributed by atoms with Crippen LogP contribution in [-0.2, 0) is 4.74 Å². The van der Waals surface area contributed by atoms with Gasteiger partial charge in [0.25, 0.3) is 0 Å². The van der Waals surface area contributed by atoms with Gasteiger partial charge in [0, 0.05) is 0 Å². The summed E-state index contributed by atoms with van der Waals surface area (Å²) in [7, 11) is 0. The molecule has 1 heterocycles. The fourth-order valence-corrected chi connectivity index (χ4v) is 0.826. The van der Waals surface area contributed by atoms with Gasteiger partial charge in [-0.15, -0.1) is 0 Å². The predicted octanol–water partition coefficient (Wildman–Crippen LogP) is -1.55. The van der Waals surface area contributed by atoms with Crippen LogP contribution in [0.2, 0.25) is 0 Å². The highest BCUT2D eigenvalue weighted by Gasteiger charge is 2.32. The summed E-state index contributed by atoms with van der Waals surface area (Å²) in [6, 6.07) is -0.461. The number of carbonyl (C=O) groups is 1. The van der Waals surface area contributed by atoms with Gasteiger partial charge in [-0.05, 0) is 0 Å². The van der Waals surface area contributed by atoms with Crippen LogP contribution in [0, 0.1) is 0 Å². The van der Waals surface area contributed by atoms with Gasteiger partial charge < -0.3 is 20.3 Å². The van der Waals surface area contributed by atoms with Crippen LogP contribution in [0.1, 0.15) is 0 Å². The smallest absolute Gasteiger partial charge is 0.407 e. The molecule has 2 atom stereocenters. The quantitative estimate of drug-likeness (QED) is 0.441. The van der Waals surface area contributed by atoms with Gasteiger partial charge in [-0.1, -0.05) is 0 Å². The third-order valence-electron chi connectivity index (χ3n) is 1.39. The van der Waals surface area contributed by atoms with Crippen molar-refractivity contribution in [3.05, 3.63) is 0 Å². The lowest BCUT2D eigenvalue weighted by atomic mass is 10.2. The SMILES string of the molecule is O=C1N[C@H](CO)[C@@H](CO)O1. The number of aliphatic hydroxyl groups is 2. The fraction of sp³-hybridized carbons (Fsp3) is 0.800. The lowest BCUT2D eigenvalue weighted by Gasteiger charge is -2.09. The second-order valence-electron chi connectivity index (χ2n) is 2.06. The van der Waals surface area contributed by atoms with Gasteiger partial charge in [-0.25, -0.2) is 4.79 Å². The van der Waals surface area contributed by atoms with Gasteiger partial charge in [0.2, 0.25) is 0 Å². The summed E-state index contributed by atoms with van der Waals surface area (Å²) in [6.07, 6.45) is -1.18. The maximum atomic E-state index is 10.4. The molecule has 0 saturated carbocycles. The van der Waals surface area contributed by atoms with Crippen LogP contribution in [-0.4, -0.2) is 41.7 Å². The molecular formula is C5H9NO4. The zero-order chi connectivity index (χ0) is 7.56. The molecule has 5 heteroatoms. The Kier molecular flexibility index (Phi) is 2.08. The van der Waals surface area contributed by atoms with Gasteiger partial charge in [0.1, 0.15) is 6.10 Å². The van der Waals surface area contributed by atoms with E-state index in [0.29, 0.717) is 0 Å². The molecule has 3 N–H and O–H groups in total. The van der Waals surface area contributed by atoms with E-state index in [0.717, 1.165) is 0 Å². The molecule has 0 spiro atoms. The largest absolute Gasteiger partial charge is 0.441 e. The second kappa shape index (κ2) is 2.85. The van der Waals surface area contributed by atoms with Crippen LogP contribution in [0.5, 0.6) is 0 Å². The number of rotatable bonds is 2. The van der Waals surface area contributed by atoms with Gasteiger partial charge in [0.15, 0.2) is 0 Å². The number of aliphatic hydroxyl groups excluding tert-OH is 2. The molecule has 1 rings (SSSR count). The van der Waals surface area contributed by atoms with Crippen molar-refractivity contribution >= 4 is 6.09 Å². The summed E-state index contributed by atoms with van der Waals surface area (Å²) < 4.78 is 4.55. The molecule has 10 heavy (non-hydrogen) atoms. The Morgan fingerprint density at radius 1 is 1.50 bits per heavy atom. The Morgan fingerprint density at radius 3 is 2.60 bits per heavy atom. The maximum Gasteiger partial charge on any atom is 0.407 e. The Bertz CT molecular complexity index is 124. The van der Waals surface area contributed by atoms with Crippen LogP contribution in [0.3, 0.4) is 0 Å². The summed E-state index contributed by atoms with van der Waals surface area (Å²) in [5.41, 5.74) is 0. The van der Waals surface area contributed by atoms with Crippen LogP contribution in [0.4, 0.5) is 4.79 Å². The highest BCUT2D eigenvalue weighted by atomic mass is 16.6. The Balaban J connectivity index is 2.48. The van der Waals surface area contributed by atoms with E-state index in [9.17, 15) is 4.79 Å². The number of cyclic esters (lactones) is 1. The zero-order valence-corrected chi connectivity index (χ0v) is 5.28. The van der Waals surface area contributed by atoms with Gasteiger partial charge in [-0.3, -0.25) is 0 Å². The van der Waals surface area contributed by atoms with Crippen molar-refractivity contribution in [3.8, 4) is 0 Å². The highest BCUT2D eigenvalue weighted by molar-refractivity contribution is 5.70. The average Bonchev–Trinajstić information content (AvgIpc) is 2.30. The maximum absolute atomic E-state index is 10.4. The molecule has 1 aliphatic heterocycles. The van der Waals surface area contributed by atoms with Crippen LogP contribution >= 0.6 is 0 Å². The minimum atomic E-state index is -0.600. The third-order valence-corrected chi connectivity index (χ3v) is 1.39. The number of hydrogen-bond acceptors (Lipinski definition) is 4. The fourth-order valence-electron chi connectivity index (χ4n) is 0.826. The first-order valence-electron chi connectivity index (χ1n) is 2.96. The van der Waals surface area contributed by atoms with Crippen LogP contribution in [0.15, 0.2) is 0 Å². The van der Waals surface area contributed by atoms with E-state index in [1.165, 1.54) is 0 Å². The molecule has 1 aliphatic rings. The van der Waals surface area contributed by atoms with E-state index >= 15 is 0 Å². The second-order valence-corrected chi connectivity index (χ2v) is 2.06. The van der Waals surface area contributed by atoms with Crippen LogP contribution in [0.25, 0.3) is 0 Å². The first-order chi connectivity index (χ1) is 4.77. The van der Waals surface area contributed by atoms with Gasteiger partial charge in [-0.2, -0.15) is 0 Å². The van der Waals surface area contributed by atoms with Crippen molar-refractivity contribution < 1.29 is 19.7 Å². The minimum Gasteiger partial charge on any atom is -0.441 e. The van der Waals surface area contributed by atoms with E-state index in [4.69, 9.17) is 10.2 Å². The number of alkyl carbamates (subject to hydrolysis) is 1. The lowest BCUT2D eigenvalue weighted by Crippen LogP contribution is -2.36. The first kappa shape index (κ1) is 7.30. The average molecular weight is 147 g/mol. The zero-order valence-electron chi connectivity index (χ0n) is 5.28. The molecule has 0 aromatic rings. The van der Waals surface area contributed by atoms with E-state index < -0.39 is 18.2 Å². The summed E-state index contributed by atoms with van der Waals surface area (Å²) in [5.74, 6) is 0. The van der Waals surface area contributed by atoms with Crippen molar-refractivity contribution in [3.63, 3.8) is 0 Å². The summed E-state index contributed by atoms with van der Waals surface area (Å²) in [6.45, 7) is -0.471. The van der Waals surface area contributed by atoms with Gasteiger partial charge >= 0.3 is 6.09 Å². The molecule has 5 nitrogen and oxygen atoms in total. The lowest BCUT2D eigenvalue weighted by molar-refractivity contribution is 0.0711. The number of carbonyl (C=O) groups excluding carboxylic acids is 1. The van der Waals surface area contributed by atoms with Crippen molar-refractivity contribution in [2.45, 2.75) is 12.1 Å². The third kappa shape index (κ3) is 1.19. The number of ether oxygens (including phenoxy) is 1. The van der Waals surface area contributed by atoms with E-state index in [1.807, 2.05) is 0 Å². The van der Waals surface area contributed by atoms with Crippen molar-refractivity contribution in [1.82, 2.24) is 5.32 Å². The molecule has 0 aromatic carbocycles. The number of amides is 1. The number of nitrogens with one attached hydrogen (secondary N) is 1. The monoisotopic (exact) mass is 147 g/mol. The molecule has 1 saturated heterocycles. The van der Waals surface area contributed by atoms with Crippen molar-refractivity contribution in [2.24, 2.45) is 0 Å². The highest BCUT2D eigenvalue weighted by Crippen LogP contribution is 2.06. The molecule has 58 valence electrons. The molecule has 0 aliphatic carbocycles. The van der Waals surface area contributed by atoms with E-state index in [2.05, 4.69) is 10.1 Å². The molecule has 0 aromatic heterocycles. The normalized spacial score (nSPS) is 31.6. The van der Waals surface area contributed by atoms with Gasteiger partial charge in [0.05, 0.1) is 19.3 Å². The van der Waals surface area contributed by atoms with Crippen LogP contribution < -0.4 is 5.32 Å². The molecule has 1 fully saturated rings. The topological polar surface area (TPSA) is 78.8 Å². The van der Waals surface area contributed by atoms with Crippen molar-refractivity contribution in [2.75, 3.05) is 13.2 Å². The van der Waals surface area contributed by atoms with Crippen molar-refractivity contribution in [1.29, 1.82) is 0 Å².